The van der Waals surface area contributed by atoms with E-state index in [-0.39, 0.29) is 0 Å². The molecule has 0 saturated heterocycles. The van der Waals surface area contributed by atoms with Crippen molar-refractivity contribution in [3.8, 4) is 11.1 Å². The predicted molar refractivity (Wildman–Crippen MR) is 240 cm³/mol. The van der Waals surface area contributed by atoms with Crippen molar-refractivity contribution in [2.75, 3.05) is 4.90 Å². The van der Waals surface area contributed by atoms with Crippen molar-refractivity contribution in [1.29, 1.82) is 0 Å². The molecule has 0 atom stereocenters. The molecule has 0 aliphatic heterocycles. The highest BCUT2D eigenvalue weighted by molar-refractivity contribution is 7.30. The summed E-state index contributed by atoms with van der Waals surface area (Å²) >= 11 is 5.72. The van der Waals surface area contributed by atoms with Crippen LogP contribution >= 0.6 is 34.0 Å². The number of nitrogens with zero attached hydrogens (tertiary/aromatic N) is 1. The highest BCUT2D eigenvalue weighted by Crippen LogP contribution is 2.51. The van der Waals surface area contributed by atoms with E-state index in [1.165, 1.54) is 105 Å². The maximum atomic E-state index is 2.53. The number of benzene rings is 9. The molecule has 9 aromatic carbocycles. The van der Waals surface area contributed by atoms with Crippen molar-refractivity contribution in [1.82, 2.24) is 0 Å². The van der Waals surface area contributed by atoms with Gasteiger partial charge in [0.25, 0.3) is 0 Å². The summed E-state index contributed by atoms with van der Waals surface area (Å²) < 4.78 is 7.94. The second-order valence-electron chi connectivity index (χ2n) is 14.1. The lowest BCUT2D eigenvalue weighted by Gasteiger charge is -2.27. The number of rotatable bonds is 4. The molecule has 0 aliphatic rings. The Balaban J connectivity index is 1.13. The van der Waals surface area contributed by atoms with Crippen molar-refractivity contribution < 1.29 is 0 Å². The Labute approximate surface area is 323 Å². The van der Waals surface area contributed by atoms with Gasteiger partial charge in [0.1, 0.15) is 0 Å². The fourth-order valence-electron chi connectivity index (χ4n) is 8.48. The number of hydrogen-bond donors (Lipinski definition) is 0. The van der Waals surface area contributed by atoms with Gasteiger partial charge in [-0.1, -0.05) is 115 Å². The first-order valence-electron chi connectivity index (χ1n) is 18.2. The van der Waals surface area contributed by atoms with Crippen LogP contribution in [0.1, 0.15) is 0 Å². The van der Waals surface area contributed by atoms with Gasteiger partial charge in [-0.2, -0.15) is 0 Å². The normalized spacial score (nSPS) is 12.1. The van der Waals surface area contributed by atoms with E-state index >= 15 is 0 Å². The molecule has 0 radical (unpaired) electrons. The van der Waals surface area contributed by atoms with Crippen LogP contribution in [0.3, 0.4) is 0 Å². The van der Waals surface area contributed by atoms with Crippen LogP contribution in [-0.2, 0) is 0 Å². The number of fused-ring (bicyclic) bond motifs is 12. The minimum atomic E-state index is 1.14. The highest BCUT2D eigenvalue weighted by Gasteiger charge is 2.23. The molecular formula is C50H29NS3. The summed E-state index contributed by atoms with van der Waals surface area (Å²) in [6, 6.07) is 65.3. The van der Waals surface area contributed by atoms with Gasteiger partial charge in [0, 0.05) is 61.5 Å². The van der Waals surface area contributed by atoms with Gasteiger partial charge in [0.15, 0.2) is 0 Å². The van der Waals surface area contributed by atoms with E-state index < -0.39 is 0 Å². The zero-order valence-electron chi connectivity index (χ0n) is 28.9. The summed E-state index contributed by atoms with van der Waals surface area (Å²) in [6.07, 6.45) is 0. The summed E-state index contributed by atoms with van der Waals surface area (Å²) in [5.74, 6) is 0. The van der Waals surface area contributed by atoms with Gasteiger partial charge < -0.3 is 4.90 Å². The standard InChI is InChI=1S/C50H29NS3/c1-2-10-32-27-35(20-19-30(32)9-1)31-21-23-36(24-22-31)51(42-16-7-14-38-40-28-33-11-3-4-12-34(33)29-46(40)54-49(38)42)41-15-8-18-44-47(41)48-45(52-44)26-25-39-37-13-5-6-17-43(37)53-50(39)48/h1-29H. The zero-order chi connectivity index (χ0) is 35.3. The van der Waals surface area contributed by atoms with Gasteiger partial charge in [0.05, 0.1) is 16.1 Å². The van der Waals surface area contributed by atoms with Crippen molar-refractivity contribution in [3.05, 3.63) is 176 Å². The molecule has 1 nitrogen and oxygen atoms in total. The van der Waals surface area contributed by atoms with Crippen molar-refractivity contribution in [2.45, 2.75) is 0 Å². The van der Waals surface area contributed by atoms with Crippen molar-refractivity contribution >= 4 is 133 Å². The predicted octanol–water partition coefficient (Wildman–Crippen LogP) is 16.2. The number of thiophene rings is 3. The molecule has 0 aliphatic carbocycles. The molecular weight excluding hydrogens is 711 g/mol. The van der Waals surface area contributed by atoms with E-state index in [0.717, 1.165) is 5.69 Å². The second kappa shape index (κ2) is 11.7. The summed E-state index contributed by atoms with van der Waals surface area (Å²) in [7, 11) is 0. The Hall–Kier alpha value is -6.04. The quantitative estimate of drug-likeness (QED) is 0.174. The van der Waals surface area contributed by atoms with E-state index in [9.17, 15) is 0 Å². The van der Waals surface area contributed by atoms with E-state index in [4.69, 9.17) is 0 Å². The van der Waals surface area contributed by atoms with Crippen LogP contribution in [-0.4, -0.2) is 0 Å². The van der Waals surface area contributed by atoms with Gasteiger partial charge in [-0.05, 0) is 93.3 Å². The molecule has 4 heteroatoms. The Morgan fingerprint density at radius 2 is 0.944 bits per heavy atom. The largest absolute Gasteiger partial charge is 0.308 e. The molecule has 0 unspecified atom stereocenters. The molecule has 12 rings (SSSR count). The molecule has 0 saturated carbocycles. The fraction of sp³-hybridized carbons (Fsp3) is 0. The Morgan fingerprint density at radius 1 is 0.315 bits per heavy atom. The first-order chi connectivity index (χ1) is 26.7. The third-order valence-electron chi connectivity index (χ3n) is 11.0. The third-order valence-corrected chi connectivity index (χ3v) is 14.5. The SMILES string of the molecule is c1ccc2cc(-c3ccc(N(c4cccc5c4sc4cc6ccccc6cc45)c4cccc5sc6ccc7c8ccccc8sc7c6c45)cc3)ccc2c1. The molecule has 0 spiro atoms. The molecule has 3 aromatic heterocycles. The van der Waals surface area contributed by atoms with E-state index in [1.54, 1.807) is 0 Å². The third kappa shape index (κ3) is 4.55. The zero-order valence-corrected chi connectivity index (χ0v) is 31.4. The van der Waals surface area contributed by atoms with Crippen LogP contribution in [0.2, 0.25) is 0 Å². The van der Waals surface area contributed by atoms with Crippen molar-refractivity contribution in [3.63, 3.8) is 0 Å². The minimum Gasteiger partial charge on any atom is -0.308 e. The first-order valence-corrected chi connectivity index (χ1v) is 20.7. The Morgan fingerprint density at radius 3 is 1.81 bits per heavy atom. The molecule has 0 amide bonds. The average molecular weight is 740 g/mol. The molecule has 0 N–H and O–H groups in total. The first kappa shape index (κ1) is 30.4. The van der Waals surface area contributed by atoms with Gasteiger partial charge in [0.2, 0.25) is 0 Å². The van der Waals surface area contributed by atoms with Gasteiger partial charge in [-0.25, -0.2) is 0 Å². The maximum Gasteiger partial charge on any atom is 0.0640 e. The fourth-order valence-corrected chi connectivity index (χ4v) is 12.2. The van der Waals surface area contributed by atoms with E-state index in [2.05, 4.69) is 181 Å². The van der Waals surface area contributed by atoms with Crippen LogP contribution in [0, 0.1) is 0 Å². The summed E-state index contributed by atoms with van der Waals surface area (Å²) in [6.45, 7) is 0. The van der Waals surface area contributed by atoms with Crippen LogP contribution in [0.4, 0.5) is 17.1 Å². The lowest BCUT2D eigenvalue weighted by atomic mass is 10.0. The average Bonchev–Trinajstić information content (AvgIpc) is 3.92. The highest BCUT2D eigenvalue weighted by atomic mass is 32.1. The minimum absolute atomic E-state index is 1.14. The van der Waals surface area contributed by atoms with Gasteiger partial charge >= 0.3 is 0 Å². The molecule has 0 bridgehead atoms. The van der Waals surface area contributed by atoms with E-state index in [0.29, 0.717) is 0 Å². The lowest BCUT2D eigenvalue weighted by molar-refractivity contribution is 1.32. The molecule has 3 heterocycles. The topological polar surface area (TPSA) is 3.24 Å². The monoisotopic (exact) mass is 739 g/mol. The van der Waals surface area contributed by atoms with Gasteiger partial charge in [-0.3, -0.25) is 0 Å². The van der Waals surface area contributed by atoms with E-state index in [1.807, 2.05) is 34.0 Å². The van der Waals surface area contributed by atoms with Crippen LogP contribution in [0.5, 0.6) is 0 Å². The molecule has 0 fully saturated rings. The molecule has 252 valence electrons. The van der Waals surface area contributed by atoms with Crippen LogP contribution in [0.25, 0.3) is 93.2 Å². The Bertz CT molecular complexity index is 3450. The van der Waals surface area contributed by atoms with Crippen LogP contribution < -0.4 is 4.90 Å². The smallest absolute Gasteiger partial charge is 0.0640 e. The summed E-state index contributed by atoms with van der Waals surface area (Å²) in [5.41, 5.74) is 5.99. The van der Waals surface area contributed by atoms with Crippen molar-refractivity contribution in [2.24, 2.45) is 0 Å². The maximum absolute atomic E-state index is 2.53. The Kier molecular flexibility index (Phi) is 6.61. The second-order valence-corrected chi connectivity index (χ2v) is 17.2. The summed E-state index contributed by atoms with van der Waals surface area (Å²) in [5, 5.41) is 13.0. The van der Waals surface area contributed by atoms with Crippen LogP contribution in [0.15, 0.2) is 176 Å². The lowest BCUT2D eigenvalue weighted by Crippen LogP contribution is -2.10. The number of anilines is 3. The molecule has 54 heavy (non-hydrogen) atoms. The number of hydrogen-bond acceptors (Lipinski definition) is 4. The van der Waals surface area contributed by atoms with Gasteiger partial charge in [-0.15, -0.1) is 34.0 Å². The summed E-state index contributed by atoms with van der Waals surface area (Å²) in [4.78, 5) is 2.53. The molecule has 12 aromatic rings.